The Labute approximate surface area is 179 Å². The molecule has 1 N–H and O–H groups in total. The Balaban J connectivity index is 1.62. The third kappa shape index (κ3) is 4.07. The van der Waals surface area contributed by atoms with Crippen molar-refractivity contribution in [3.05, 3.63) is 64.8 Å². The van der Waals surface area contributed by atoms with E-state index in [9.17, 15) is 4.79 Å². The number of aryl methyl sites for hydroxylation is 3. The van der Waals surface area contributed by atoms with E-state index in [1.807, 2.05) is 64.1 Å². The van der Waals surface area contributed by atoms with Crippen molar-refractivity contribution < 1.29 is 9.53 Å². The van der Waals surface area contributed by atoms with Crippen LogP contribution < -0.4 is 10.1 Å². The fourth-order valence-corrected chi connectivity index (χ4v) is 4.36. The Hall–Kier alpha value is -3.19. The number of hydrogen-bond donors (Lipinski definition) is 1. The minimum absolute atomic E-state index is 0.0841. The van der Waals surface area contributed by atoms with Crippen LogP contribution in [0.3, 0.4) is 0 Å². The average Bonchev–Trinajstić information content (AvgIpc) is 3.28. The summed E-state index contributed by atoms with van der Waals surface area (Å²) in [7, 11) is 0. The number of benzene rings is 2. The Morgan fingerprint density at radius 2 is 2.00 bits per heavy atom. The molecule has 4 rings (SSSR count). The van der Waals surface area contributed by atoms with E-state index >= 15 is 0 Å². The maximum atomic E-state index is 12.7. The minimum Gasteiger partial charge on any atom is -0.492 e. The van der Waals surface area contributed by atoms with Gasteiger partial charge >= 0.3 is 0 Å². The van der Waals surface area contributed by atoms with Gasteiger partial charge in [0.2, 0.25) is 11.0 Å². The van der Waals surface area contributed by atoms with Crippen LogP contribution in [0.15, 0.2) is 42.5 Å². The first kappa shape index (κ1) is 20.1. The molecule has 6 nitrogen and oxygen atoms in total. The van der Waals surface area contributed by atoms with Crippen molar-refractivity contribution in [2.45, 2.75) is 34.1 Å². The largest absolute Gasteiger partial charge is 0.492 e. The number of anilines is 1. The van der Waals surface area contributed by atoms with Gasteiger partial charge in [-0.3, -0.25) is 4.79 Å². The van der Waals surface area contributed by atoms with Crippen LogP contribution in [-0.2, 0) is 11.2 Å². The van der Waals surface area contributed by atoms with Crippen molar-refractivity contribution in [1.29, 1.82) is 0 Å². The van der Waals surface area contributed by atoms with Gasteiger partial charge in [0, 0.05) is 6.07 Å². The molecule has 154 valence electrons. The van der Waals surface area contributed by atoms with Crippen LogP contribution in [0.5, 0.6) is 5.75 Å². The number of nitrogens with one attached hydrogen (secondary N) is 1. The van der Waals surface area contributed by atoms with Crippen molar-refractivity contribution in [3.8, 4) is 10.9 Å². The van der Waals surface area contributed by atoms with E-state index in [0.717, 1.165) is 32.8 Å². The van der Waals surface area contributed by atoms with Crippen LogP contribution >= 0.6 is 11.3 Å². The molecule has 0 saturated carbocycles. The first-order valence-corrected chi connectivity index (χ1v) is 10.7. The number of aromatic nitrogens is 3. The van der Waals surface area contributed by atoms with Crippen LogP contribution in [0, 0.1) is 20.8 Å². The van der Waals surface area contributed by atoms with Gasteiger partial charge < -0.3 is 10.1 Å². The Bertz CT molecular complexity index is 1230. The van der Waals surface area contributed by atoms with E-state index < -0.39 is 0 Å². The maximum Gasteiger partial charge on any atom is 0.229 e. The molecule has 0 unspecified atom stereocenters. The summed E-state index contributed by atoms with van der Waals surface area (Å²) in [4.78, 5) is 17.5. The van der Waals surface area contributed by atoms with Crippen LogP contribution in [0.1, 0.15) is 29.3 Å². The van der Waals surface area contributed by atoms with Gasteiger partial charge in [-0.15, -0.1) is 0 Å². The zero-order valence-corrected chi connectivity index (χ0v) is 18.3. The third-order valence-corrected chi connectivity index (χ3v) is 5.80. The van der Waals surface area contributed by atoms with Gasteiger partial charge in [-0.2, -0.15) is 9.78 Å². The summed E-state index contributed by atoms with van der Waals surface area (Å²) in [5, 5.41) is 8.24. The molecular formula is C23H24N4O2S. The standard InChI is InChI=1S/C23H24N4O2S/c1-5-29-18-7-6-8-19-22(18)25-23(30-19)27-20(12-16(4)26-27)24-21(28)13-17-10-9-14(2)11-15(17)3/h6-12H,5,13H2,1-4H3,(H,24,28). The molecule has 7 heteroatoms. The molecular weight excluding hydrogens is 396 g/mol. The van der Waals surface area contributed by atoms with Gasteiger partial charge in [-0.05, 0) is 51.0 Å². The van der Waals surface area contributed by atoms with Crippen molar-refractivity contribution >= 4 is 33.3 Å². The molecule has 1 amide bonds. The minimum atomic E-state index is -0.0841. The second-order valence-corrected chi connectivity index (χ2v) is 8.28. The molecule has 30 heavy (non-hydrogen) atoms. The summed E-state index contributed by atoms with van der Waals surface area (Å²) >= 11 is 1.51. The number of fused-ring (bicyclic) bond motifs is 1. The predicted octanol–water partition coefficient (Wildman–Crippen LogP) is 4.99. The van der Waals surface area contributed by atoms with Crippen LogP contribution in [0.2, 0.25) is 0 Å². The molecule has 2 aromatic carbocycles. The van der Waals surface area contributed by atoms with Gasteiger partial charge in [0.25, 0.3) is 0 Å². The Morgan fingerprint density at radius 1 is 1.17 bits per heavy atom. The van der Waals surface area contributed by atoms with E-state index in [0.29, 0.717) is 24.0 Å². The fraction of sp³-hybridized carbons (Fsp3) is 0.261. The zero-order valence-electron chi connectivity index (χ0n) is 17.5. The lowest BCUT2D eigenvalue weighted by atomic mass is 10.0. The second-order valence-electron chi connectivity index (χ2n) is 7.27. The first-order valence-electron chi connectivity index (χ1n) is 9.90. The predicted molar refractivity (Wildman–Crippen MR) is 121 cm³/mol. The Morgan fingerprint density at radius 3 is 2.77 bits per heavy atom. The van der Waals surface area contributed by atoms with Gasteiger partial charge in [-0.25, -0.2) is 4.98 Å². The fourth-order valence-electron chi connectivity index (χ4n) is 3.41. The number of carbonyl (C=O) groups excluding carboxylic acids is 1. The van der Waals surface area contributed by atoms with Crippen molar-refractivity contribution in [3.63, 3.8) is 0 Å². The van der Waals surface area contributed by atoms with E-state index in [1.54, 1.807) is 4.68 Å². The SMILES string of the molecule is CCOc1cccc2sc(-n3nc(C)cc3NC(=O)Cc3ccc(C)cc3C)nc12. The molecule has 0 saturated heterocycles. The lowest BCUT2D eigenvalue weighted by molar-refractivity contribution is -0.115. The quantitative estimate of drug-likeness (QED) is 0.477. The smallest absolute Gasteiger partial charge is 0.229 e. The molecule has 0 aliphatic carbocycles. The van der Waals surface area contributed by atoms with Crippen LogP contribution in [0.4, 0.5) is 5.82 Å². The molecule has 0 fully saturated rings. The monoisotopic (exact) mass is 420 g/mol. The molecule has 0 aliphatic rings. The Kier molecular flexibility index (Phi) is 5.55. The number of carbonyl (C=O) groups is 1. The van der Waals surface area contributed by atoms with E-state index in [-0.39, 0.29) is 5.91 Å². The molecule has 2 heterocycles. The summed E-state index contributed by atoms with van der Waals surface area (Å²) in [6.07, 6.45) is 0.310. The molecule has 0 spiro atoms. The van der Waals surface area contributed by atoms with Gasteiger partial charge in [0.15, 0.2) is 0 Å². The van der Waals surface area contributed by atoms with Crippen LogP contribution in [0.25, 0.3) is 15.3 Å². The second kappa shape index (κ2) is 8.28. The van der Waals surface area contributed by atoms with E-state index in [1.165, 1.54) is 16.9 Å². The number of hydrogen-bond acceptors (Lipinski definition) is 5. The first-order chi connectivity index (χ1) is 14.4. The van der Waals surface area contributed by atoms with E-state index in [4.69, 9.17) is 9.72 Å². The number of para-hydroxylation sites is 1. The van der Waals surface area contributed by atoms with Crippen molar-refractivity contribution in [2.24, 2.45) is 0 Å². The van der Waals surface area contributed by atoms with Crippen LogP contribution in [-0.4, -0.2) is 27.3 Å². The highest BCUT2D eigenvalue weighted by molar-refractivity contribution is 7.20. The number of ether oxygens (including phenoxy) is 1. The number of rotatable bonds is 6. The normalized spacial score (nSPS) is 11.1. The summed E-state index contributed by atoms with van der Waals surface area (Å²) < 4.78 is 8.40. The summed E-state index contributed by atoms with van der Waals surface area (Å²) in [6.45, 7) is 8.50. The highest BCUT2D eigenvalue weighted by atomic mass is 32.1. The van der Waals surface area contributed by atoms with Crippen molar-refractivity contribution in [2.75, 3.05) is 11.9 Å². The molecule has 2 aromatic heterocycles. The van der Waals surface area contributed by atoms with Gasteiger partial charge in [0.05, 0.1) is 23.4 Å². The topological polar surface area (TPSA) is 69.0 Å². The van der Waals surface area contributed by atoms with Gasteiger partial charge in [0.1, 0.15) is 17.1 Å². The van der Waals surface area contributed by atoms with E-state index in [2.05, 4.69) is 16.5 Å². The van der Waals surface area contributed by atoms with Gasteiger partial charge in [-0.1, -0.05) is 41.2 Å². The molecule has 0 aliphatic heterocycles. The summed E-state index contributed by atoms with van der Waals surface area (Å²) in [5.74, 6) is 1.28. The van der Waals surface area contributed by atoms with Crippen molar-refractivity contribution in [1.82, 2.24) is 14.8 Å². The molecule has 0 atom stereocenters. The molecule has 4 aromatic rings. The maximum absolute atomic E-state index is 12.7. The summed E-state index contributed by atoms with van der Waals surface area (Å²) in [5.41, 5.74) is 4.93. The summed E-state index contributed by atoms with van der Waals surface area (Å²) in [6, 6.07) is 13.9. The lowest BCUT2D eigenvalue weighted by Gasteiger charge is -2.09. The number of amides is 1. The highest BCUT2D eigenvalue weighted by Crippen LogP contribution is 2.32. The number of nitrogens with zero attached hydrogens (tertiary/aromatic N) is 3. The molecule has 0 radical (unpaired) electrons. The zero-order chi connectivity index (χ0) is 21.3. The number of thiazole rings is 1. The molecule has 0 bridgehead atoms. The highest BCUT2D eigenvalue weighted by Gasteiger charge is 2.17. The third-order valence-electron chi connectivity index (χ3n) is 4.80. The lowest BCUT2D eigenvalue weighted by Crippen LogP contribution is -2.17. The average molecular weight is 421 g/mol.